The van der Waals surface area contributed by atoms with Crippen LogP contribution in [0.1, 0.15) is 40.8 Å². The van der Waals surface area contributed by atoms with Crippen molar-refractivity contribution < 1.29 is 9.50 Å². The van der Waals surface area contributed by atoms with E-state index in [9.17, 15) is 14.3 Å². The van der Waals surface area contributed by atoms with Gasteiger partial charge in [-0.15, -0.1) is 0 Å². The fourth-order valence-corrected chi connectivity index (χ4v) is 4.23. The van der Waals surface area contributed by atoms with Gasteiger partial charge in [-0.2, -0.15) is 5.26 Å². The van der Waals surface area contributed by atoms with E-state index in [4.69, 9.17) is 5.26 Å². The maximum Gasteiger partial charge on any atom is 0.293 e. The predicted octanol–water partition coefficient (Wildman–Crippen LogP) is 3.10. The number of aromatic hydroxyl groups is 1. The first kappa shape index (κ1) is 26.1. The summed E-state index contributed by atoms with van der Waals surface area (Å²) in [4.78, 5) is 20.5. The molecule has 0 radical (unpaired) electrons. The Morgan fingerprint density at radius 1 is 1.16 bits per heavy atom. The highest BCUT2D eigenvalue weighted by atomic mass is 19.1. The highest BCUT2D eigenvalue weighted by molar-refractivity contribution is 5.44. The molecule has 1 aliphatic heterocycles. The van der Waals surface area contributed by atoms with Gasteiger partial charge in [0.05, 0.1) is 24.0 Å². The minimum atomic E-state index is -0.583. The van der Waals surface area contributed by atoms with Crippen LogP contribution in [0.25, 0.3) is 0 Å². The monoisotopic (exact) mass is 499 g/mol. The molecule has 8 heteroatoms. The molecular weight excluding hydrogens is 469 g/mol. The normalized spacial score (nSPS) is 15.2. The first-order chi connectivity index (χ1) is 17.9. The van der Waals surface area contributed by atoms with Crippen LogP contribution in [0.4, 0.5) is 4.39 Å². The molecule has 2 heterocycles. The fourth-order valence-electron chi connectivity index (χ4n) is 4.23. The fraction of sp³-hybridized carbons (Fsp3) is 0.345. The van der Waals surface area contributed by atoms with Crippen LogP contribution in [0.15, 0.2) is 59.7 Å². The maximum absolute atomic E-state index is 13.0. The molecule has 3 aromatic rings. The van der Waals surface area contributed by atoms with Gasteiger partial charge in [0.2, 0.25) is 5.75 Å². The molecular formula is C29H30FN5O2. The van der Waals surface area contributed by atoms with Crippen LogP contribution in [0, 0.1) is 29.1 Å². The van der Waals surface area contributed by atoms with E-state index in [1.807, 2.05) is 36.4 Å². The summed E-state index contributed by atoms with van der Waals surface area (Å²) >= 11 is 0. The number of nitrogens with one attached hydrogen (secondary N) is 2. The summed E-state index contributed by atoms with van der Waals surface area (Å²) in [6.07, 6.45) is 1.60. The van der Waals surface area contributed by atoms with Crippen molar-refractivity contribution in [2.75, 3.05) is 26.3 Å². The summed E-state index contributed by atoms with van der Waals surface area (Å²) in [7, 11) is 0. The van der Waals surface area contributed by atoms with Crippen molar-refractivity contribution in [1.82, 2.24) is 20.2 Å². The Balaban J connectivity index is 1.42. The minimum Gasteiger partial charge on any atom is -0.502 e. The first-order valence-electron chi connectivity index (χ1n) is 12.3. The Morgan fingerprint density at radius 3 is 2.43 bits per heavy atom. The summed E-state index contributed by atoms with van der Waals surface area (Å²) < 4.78 is 13.0. The quantitative estimate of drug-likeness (QED) is 0.391. The summed E-state index contributed by atoms with van der Waals surface area (Å²) in [5, 5.41) is 22.2. The molecule has 1 aromatic heterocycles. The maximum atomic E-state index is 13.0. The first-order valence-corrected chi connectivity index (χ1v) is 12.3. The van der Waals surface area contributed by atoms with Crippen LogP contribution >= 0.6 is 0 Å². The van der Waals surface area contributed by atoms with Crippen molar-refractivity contribution in [3.05, 3.63) is 93.2 Å². The molecule has 1 saturated heterocycles. The molecule has 0 spiro atoms. The van der Waals surface area contributed by atoms with Crippen LogP contribution in [-0.2, 0) is 13.0 Å². The second-order valence-corrected chi connectivity index (χ2v) is 9.48. The van der Waals surface area contributed by atoms with Crippen molar-refractivity contribution in [3.63, 3.8) is 0 Å². The number of alkyl halides is 1. The number of benzene rings is 2. The molecule has 7 nitrogen and oxygen atoms in total. The smallest absolute Gasteiger partial charge is 0.293 e. The Morgan fingerprint density at radius 2 is 1.81 bits per heavy atom. The number of hydrogen-bond acceptors (Lipinski definition) is 6. The minimum absolute atomic E-state index is 0.126. The summed E-state index contributed by atoms with van der Waals surface area (Å²) in [6, 6.07) is 17.9. The standard InChI is InChI=1S/C29H30FN5O2/c1-20(13-30)32-15-26(12-27-28(36)29(37)34-19-33-27)25-10-8-22(9-11-25)3-2-21-4-6-23(7-5-21)16-35-17-24(14-31)18-35/h4-11,19-20,24,26,32,36H,12-13,15-18H2,1H3,(H,33,34,37). The molecule has 0 amide bonds. The number of halogens is 1. The molecule has 0 aliphatic carbocycles. The number of aromatic amines is 1. The van der Waals surface area contributed by atoms with Crippen LogP contribution in [0.2, 0.25) is 0 Å². The Kier molecular flexibility index (Phi) is 8.68. The van der Waals surface area contributed by atoms with Gasteiger partial charge in [0.25, 0.3) is 5.56 Å². The highest BCUT2D eigenvalue weighted by Gasteiger charge is 2.25. The van der Waals surface area contributed by atoms with E-state index in [0.29, 0.717) is 18.7 Å². The van der Waals surface area contributed by atoms with Crippen molar-refractivity contribution in [3.8, 4) is 23.7 Å². The SMILES string of the molecule is CC(CF)NCC(Cc1nc[nH]c(=O)c1O)c1ccc(C#Cc2ccc(CN3CC(C#N)C3)cc2)cc1. The number of H-pyrrole nitrogens is 1. The number of nitriles is 1. The zero-order valence-electron chi connectivity index (χ0n) is 20.7. The van der Waals surface area contributed by atoms with Gasteiger partial charge in [0.1, 0.15) is 6.67 Å². The summed E-state index contributed by atoms with van der Waals surface area (Å²) in [5.74, 6) is 6.02. The lowest BCUT2D eigenvalue weighted by Crippen LogP contribution is -2.45. The predicted molar refractivity (Wildman–Crippen MR) is 140 cm³/mol. The van der Waals surface area contributed by atoms with E-state index in [-0.39, 0.29) is 17.9 Å². The van der Waals surface area contributed by atoms with Crippen molar-refractivity contribution in [2.45, 2.75) is 31.8 Å². The van der Waals surface area contributed by atoms with E-state index in [1.165, 1.54) is 11.9 Å². The Labute approximate surface area is 216 Å². The number of aromatic nitrogens is 2. The van der Waals surface area contributed by atoms with Crippen LogP contribution in [-0.4, -0.2) is 52.3 Å². The molecule has 1 aliphatic rings. The second kappa shape index (κ2) is 12.3. The Hall–Kier alpha value is -3.98. The molecule has 37 heavy (non-hydrogen) atoms. The number of rotatable bonds is 9. The van der Waals surface area contributed by atoms with Gasteiger partial charge in [-0.3, -0.25) is 9.69 Å². The van der Waals surface area contributed by atoms with Crippen LogP contribution in [0.5, 0.6) is 5.75 Å². The topological polar surface area (TPSA) is 105 Å². The molecule has 2 atom stereocenters. The Bertz CT molecular complexity index is 1350. The van der Waals surface area contributed by atoms with E-state index < -0.39 is 18.0 Å². The van der Waals surface area contributed by atoms with E-state index >= 15 is 0 Å². The van der Waals surface area contributed by atoms with E-state index in [2.05, 4.69) is 50.2 Å². The van der Waals surface area contributed by atoms with Gasteiger partial charge < -0.3 is 15.4 Å². The lowest BCUT2D eigenvalue weighted by Gasteiger charge is -2.35. The third-order valence-electron chi connectivity index (χ3n) is 6.52. The molecule has 4 rings (SSSR count). The van der Waals surface area contributed by atoms with Gasteiger partial charge in [0.15, 0.2) is 0 Å². The van der Waals surface area contributed by atoms with Gasteiger partial charge >= 0.3 is 0 Å². The lowest BCUT2D eigenvalue weighted by atomic mass is 9.92. The number of nitrogens with zero attached hydrogens (tertiary/aromatic N) is 3. The molecule has 3 N–H and O–H groups in total. The third-order valence-corrected chi connectivity index (χ3v) is 6.52. The van der Waals surface area contributed by atoms with Crippen LogP contribution < -0.4 is 10.9 Å². The molecule has 1 fully saturated rings. The largest absolute Gasteiger partial charge is 0.502 e. The zero-order valence-corrected chi connectivity index (χ0v) is 20.7. The lowest BCUT2D eigenvalue weighted by molar-refractivity contribution is 0.127. The van der Waals surface area contributed by atoms with Crippen molar-refractivity contribution >= 4 is 0 Å². The number of hydrogen-bond donors (Lipinski definition) is 3. The van der Waals surface area contributed by atoms with Crippen molar-refractivity contribution in [1.29, 1.82) is 5.26 Å². The average molecular weight is 500 g/mol. The molecule has 2 aromatic carbocycles. The van der Waals surface area contributed by atoms with E-state index in [1.54, 1.807) is 6.92 Å². The van der Waals surface area contributed by atoms with Gasteiger partial charge in [-0.1, -0.05) is 36.1 Å². The summed E-state index contributed by atoms with van der Waals surface area (Å²) in [5.41, 5.74) is 3.67. The van der Waals surface area contributed by atoms with Gasteiger partial charge in [-0.25, -0.2) is 9.37 Å². The number of likely N-dealkylation sites (tertiary alicyclic amines) is 1. The van der Waals surface area contributed by atoms with E-state index in [0.717, 1.165) is 36.3 Å². The van der Waals surface area contributed by atoms with Gasteiger partial charge in [-0.05, 0) is 42.3 Å². The molecule has 2 unspecified atom stereocenters. The zero-order chi connectivity index (χ0) is 26.2. The average Bonchev–Trinajstić information content (AvgIpc) is 2.90. The summed E-state index contributed by atoms with van der Waals surface area (Å²) in [6.45, 7) is 4.25. The highest BCUT2D eigenvalue weighted by Crippen LogP contribution is 2.23. The molecule has 0 saturated carbocycles. The second-order valence-electron chi connectivity index (χ2n) is 9.48. The third kappa shape index (κ3) is 7.04. The van der Waals surface area contributed by atoms with Crippen LogP contribution in [0.3, 0.4) is 0 Å². The molecule has 190 valence electrons. The molecule has 0 bridgehead atoms. The van der Waals surface area contributed by atoms with Gasteiger partial charge in [0, 0.05) is 55.7 Å². The van der Waals surface area contributed by atoms with Crippen molar-refractivity contribution in [2.24, 2.45) is 5.92 Å².